The molecule has 17 rings (SSSR count). The number of nitro groups is 2. The summed E-state index contributed by atoms with van der Waals surface area (Å²) in [6, 6.07) is 37.7. The molecule has 3 fully saturated rings. The van der Waals surface area contributed by atoms with Crippen molar-refractivity contribution in [3.63, 3.8) is 0 Å². The van der Waals surface area contributed by atoms with Crippen molar-refractivity contribution >= 4 is 123 Å². The lowest BCUT2D eigenvalue weighted by molar-refractivity contribution is -0.386. The Morgan fingerprint density at radius 1 is 0.557 bits per heavy atom. The maximum Gasteiger partial charge on any atom is 0.409 e. The van der Waals surface area contributed by atoms with Crippen LogP contribution in [0.4, 0.5) is 32.3 Å². The van der Waals surface area contributed by atoms with Crippen molar-refractivity contribution in [3.05, 3.63) is 233 Å². The number of carbonyl (C=O) groups excluding carboxylic acids is 4. The number of nitrogens with zero attached hydrogens (tertiary/aromatic N) is 9. The lowest BCUT2D eigenvalue weighted by atomic mass is 9.72. The number of anilines is 2. The molecule has 0 spiro atoms. The summed E-state index contributed by atoms with van der Waals surface area (Å²) in [6.45, 7) is 18.8. The number of carbonyl (C=O) groups is 4. The number of hydrogen-bond acceptors (Lipinski definition) is 24. The fraction of sp³-hybridized carbons (Fsp3) is 0.389. The van der Waals surface area contributed by atoms with E-state index in [4.69, 9.17) is 46.9 Å². The molecule has 10 aromatic rings. The third kappa shape index (κ3) is 22.1. The lowest BCUT2D eigenvalue weighted by Gasteiger charge is -2.39. The summed E-state index contributed by atoms with van der Waals surface area (Å²) in [7, 11) is -8.14. The maximum atomic E-state index is 14.1. The molecule has 131 heavy (non-hydrogen) atoms. The Hall–Kier alpha value is -12.3. The van der Waals surface area contributed by atoms with Gasteiger partial charge < -0.3 is 58.4 Å². The van der Waals surface area contributed by atoms with E-state index in [0.717, 1.165) is 147 Å². The van der Waals surface area contributed by atoms with Crippen LogP contribution < -0.4 is 43.5 Å². The van der Waals surface area contributed by atoms with Gasteiger partial charge in [-0.1, -0.05) is 86.3 Å². The van der Waals surface area contributed by atoms with Crippen molar-refractivity contribution in [2.75, 3.05) is 122 Å². The van der Waals surface area contributed by atoms with Gasteiger partial charge in [0, 0.05) is 178 Å². The van der Waals surface area contributed by atoms with E-state index in [1.165, 1.54) is 71.1 Å². The number of piperidine rings is 1. The standard InChI is InChI=1S/C50H56ClN7O9S.C45H48ClN7O9S/c1-50(2)15-12-36(43(29-50)34-6-8-37(51)9-7-34)31-55-19-21-56(22-20-55)38-10-11-41(46(26-38)67-39-25-35-13-16-52-47(35)53-30-39)48(59)54-68(63,64)40-27-44(58(61)62)42-24-33(32-66-45(42)28-40)14-23-65-49(60)57-17-4-3-5-18-57;1-45(2)12-10-31(38(23-45)29-4-6-32(46)7-5-29)26-51-14-16-52(17-15-51)33-8-9-36(41(20-33)62-34-19-30-11-13-47-42(30)48-25-34)43(54)50-63(58,59)35-21-39(53(56)57)37-18-28(24-49-44(55)60-3)27-61-40(37)22-35/h6-11,13,16,25-28,30,33H,3-5,12,14-15,17-24,29,31-32H2,1-2H3,(H,52,53)(H,54,59);4-9,11,13,19-22,25,28H,10,12,14-18,23-24,26-27H2,1-3H3,(H,47,48)(H,49,55)(H,50,54)/t33-;28-/m11/s1. The second kappa shape index (κ2) is 39.4. The fourth-order valence-electron chi connectivity index (χ4n) is 18.2. The van der Waals surface area contributed by atoms with Crippen molar-refractivity contribution in [2.45, 2.75) is 115 Å². The third-order valence-corrected chi connectivity index (χ3v) is 28.6. The summed E-state index contributed by atoms with van der Waals surface area (Å²) in [4.78, 5) is 100. The number of ether oxygens (including phenoxy) is 6. The molecule has 5 aliphatic heterocycles. The normalized spacial score (nSPS) is 18.2. The van der Waals surface area contributed by atoms with Crippen LogP contribution in [-0.4, -0.2) is 197 Å². The zero-order valence-corrected chi connectivity index (χ0v) is 76.6. The number of fused-ring (bicyclic) bond motifs is 4. The molecule has 2 aliphatic carbocycles. The molecule has 4 amide bonds. The largest absolute Gasteiger partial charge is 0.493 e. The van der Waals surface area contributed by atoms with Gasteiger partial charge in [-0.05, 0) is 183 Å². The van der Waals surface area contributed by atoms with Gasteiger partial charge in [0.05, 0.1) is 81.2 Å². The first-order valence-electron chi connectivity index (χ1n) is 44.0. The number of piperazine rings is 2. The van der Waals surface area contributed by atoms with Crippen LogP contribution in [0.25, 0.3) is 33.2 Å². The average Bonchev–Trinajstić information content (AvgIpc) is 1.19. The maximum absolute atomic E-state index is 14.1. The van der Waals surface area contributed by atoms with Gasteiger partial charge in [-0.25, -0.2) is 45.8 Å². The first-order valence-corrected chi connectivity index (χ1v) is 47.7. The number of H-pyrrole nitrogens is 2. The first kappa shape index (κ1) is 92.0. The Kier molecular flexibility index (Phi) is 27.6. The Bertz CT molecular complexity index is 6320. The molecule has 36 heteroatoms. The molecule has 688 valence electrons. The van der Waals surface area contributed by atoms with Crippen LogP contribution in [0, 0.1) is 42.9 Å². The lowest BCUT2D eigenvalue weighted by Crippen LogP contribution is -2.47. The number of sulfonamides is 2. The molecule has 0 saturated carbocycles. The first-order chi connectivity index (χ1) is 62.8. The number of hydrogen-bond donors (Lipinski definition) is 5. The van der Waals surface area contributed by atoms with Crippen LogP contribution in [-0.2, 0) is 42.4 Å². The number of nitrogens with one attached hydrogen (secondary N) is 5. The number of likely N-dealkylation sites (tertiary alicyclic amines) is 1. The number of allylic oxidation sites excluding steroid dienone is 2. The molecule has 7 aliphatic rings. The van der Waals surface area contributed by atoms with Crippen molar-refractivity contribution in [1.82, 2.24) is 49.4 Å². The van der Waals surface area contributed by atoms with E-state index >= 15 is 0 Å². The highest BCUT2D eigenvalue weighted by atomic mass is 35.5. The number of alkyl carbamates (subject to hydrolysis) is 1. The number of rotatable bonds is 25. The summed E-state index contributed by atoms with van der Waals surface area (Å²) in [5.74, 6) is -1.67. The van der Waals surface area contributed by atoms with E-state index in [1.807, 2.05) is 36.4 Å². The molecule has 5 N–H and O–H groups in total. The van der Waals surface area contributed by atoms with E-state index in [9.17, 15) is 56.2 Å². The molecule has 3 saturated heterocycles. The molecule has 0 unspecified atom stereocenters. The molecule has 6 aromatic carbocycles. The van der Waals surface area contributed by atoms with Crippen LogP contribution in [0.2, 0.25) is 10.0 Å². The van der Waals surface area contributed by atoms with Gasteiger partial charge in [0.25, 0.3) is 43.2 Å². The summed E-state index contributed by atoms with van der Waals surface area (Å²) in [6.07, 6.45) is 15.5. The molecular formula is C95H104Cl2N14O18S2. The predicted octanol–water partition coefficient (Wildman–Crippen LogP) is 17.1. The van der Waals surface area contributed by atoms with Crippen molar-refractivity contribution < 1.29 is 74.3 Å². The van der Waals surface area contributed by atoms with Crippen LogP contribution in [0.5, 0.6) is 34.5 Å². The van der Waals surface area contributed by atoms with Crippen LogP contribution in [0.3, 0.4) is 0 Å². The molecule has 32 nitrogen and oxygen atoms in total. The van der Waals surface area contributed by atoms with Gasteiger partial charge in [0.1, 0.15) is 45.8 Å². The molecule has 4 aromatic heterocycles. The van der Waals surface area contributed by atoms with Gasteiger partial charge in [-0.3, -0.25) is 39.6 Å². The Morgan fingerprint density at radius 3 is 1.44 bits per heavy atom. The number of amides is 4. The number of aromatic nitrogens is 4. The van der Waals surface area contributed by atoms with E-state index in [2.05, 4.69) is 111 Å². The Morgan fingerprint density at radius 2 is 1.00 bits per heavy atom. The number of aromatic amines is 2. The summed E-state index contributed by atoms with van der Waals surface area (Å²) in [5, 5.41) is 30.1. The van der Waals surface area contributed by atoms with Crippen LogP contribution in [0.15, 0.2) is 179 Å². The summed E-state index contributed by atoms with van der Waals surface area (Å²) < 4.78 is 94.2. The minimum absolute atomic E-state index is 0.00567. The fourth-order valence-corrected chi connectivity index (χ4v) is 20.4. The van der Waals surface area contributed by atoms with Gasteiger partial charge in [0.15, 0.2) is 0 Å². The SMILES string of the molecule is CC1(C)CCC(CN2CCN(c3ccc(C(=O)NS(=O)(=O)c4cc5c(c([N+](=O)[O-])c4)C[C@@H](CCOC(=O)N4CCCCC4)CO5)c(Oc4cnc5[nH]ccc5c4)c3)CC2)=C(c2ccc(Cl)cc2)C1.COC(=O)NC[C@@H]1COc2cc(S(=O)(=O)NC(=O)c3ccc(N4CCN(CC5=C(c6ccc(Cl)cc6)CC(C)(C)CC5)CC4)cc3Oc3cnc4[nH]ccc4c3)cc([N+](=O)[O-])c2C1. The van der Waals surface area contributed by atoms with E-state index < -0.39 is 69.0 Å². The van der Waals surface area contributed by atoms with Crippen molar-refractivity contribution in [1.29, 1.82) is 0 Å². The molecule has 2 atom stereocenters. The van der Waals surface area contributed by atoms with Crippen molar-refractivity contribution in [2.24, 2.45) is 22.7 Å². The summed E-state index contributed by atoms with van der Waals surface area (Å²) >= 11 is 12.5. The minimum atomic E-state index is -4.68. The summed E-state index contributed by atoms with van der Waals surface area (Å²) in [5.41, 5.74) is 10.7. The minimum Gasteiger partial charge on any atom is -0.493 e. The molecular weight excluding hydrogens is 1760 g/mol. The van der Waals surface area contributed by atoms with Gasteiger partial charge in [0.2, 0.25) is 0 Å². The van der Waals surface area contributed by atoms with Gasteiger partial charge >= 0.3 is 12.2 Å². The topological polar surface area (TPSA) is 388 Å². The van der Waals surface area contributed by atoms with Crippen LogP contribution >= 0.6 is 23.2 Å². The number of methoxy groups -OCH3 is 1. The van der Waals surface area contributed by atoms with E-state index in [-0.39, 0.29) is 113 Å². The smallest absolute Gasteiger partial charge is 0.409 e. The van der Waals surface area contributed by atoms with Gasteiger partial charge in [-0.15, -0.1) is 0 Å². The number of pyridine rings is 2. The quantitative estimate of drug-likeness (QED) is 0.0262. The third-order valence-electron chi connectivity index (χ3n) is 25.5. The number of nitro benzene ring substituents is 2. The predicted molar refractivity (Wildman–Crippen MR) is 497 cm³/mol. The molecule has 9 heterocycles. The number of benzene rings is 6. The molecule has 0 radical (unpaired) electrons. The molecule has 0 bridgehead atoms. The monoisotopic (exact) mass is 1860 g/mol. The van der Waals surface area contributed by atoms with E-state index in [1.54, 1.807) is 53.7 Å². The second-order valence-corrected chi connectivity index (χ2v) is 40.2. The highest BCUT2D eigenvalue weighted by Gasteiger charge is 2.38. The van der Waals surface area contributed by atoms with E-state index in [0.29, 0.717) is 68.5 Å². The van der Waals surface area contributed by atoms with Crippen molar-refractivity contribution in [3.8, 4) is 34.5 Å². The zero-order chi connectivity index (χ0) is 92.0. The Labute approximate surface area is 768 Å². The highest BCUT2D eigenvalue weighted by Crippen LogP contribution is 2.47. The zero-order valence-electron chi connectivity index (χ0n) is 73.4. The Balaban J connectivity index is 0.000000192. The van der Waals surface area contributed by atoms with Crippen LogP contribution in [0.1, 0.15) is 135 Å². The number of halogens is 2. The average molecular weight is 1860 g/mol. The second-order valence-electron chi connectivity index (χ2n) is 35.9. The van der Waals surface area contributed by atoms with Gasteiger partial charge in [-0.2, -0.15) is 0 Å². The highest BCUT2D eigenvalue weighted by molar-refractivity contribution is 7.90.